The molecule has 0 fully saturated rings. The van der Waals surface area contributed by atoms with E-state index >= 15 is 0 Å². The standard InChI is InChI=1S/C11H12BrNO3/c1-13-3-4-16-10-8(12)5-7(6-9(10)13)11(14)15-2/h5-6H,3-4H2,1-2H3. The van der Waals surface area contributed by atoms with E-state index in [4.69, 9.17) is 9.47 Å². The van der Waals surface area contributed by atoms with Gasteiger partial charge in [-0.2, -0.15) is 0 Å². The molecule has 0 amide bonds. The summed E-state index contributed by atoms with van der Waals surface area (Å²) in [6.45, 7) is 1.46. The molecule has 0 aromatic heterocycles. The summed E-state index contributed by atoms with van der Waals surface area (Å²) < 4.78 is 11.0. The van der Waals surface area contributed by atoms with Gasteiger partial charge >= 0.3 is 5.97 Å². The molecule has 0 unspecified atom stereocenters. The predicted molar refractivity (Wildman–Crippen MR) is 64.2 cm³/mol. The quantitative estimate of drug-likeness (QED) is 0.741. The highest BCUT2D eigenvalue weighted by Crippen LogP contribution is 2.38. The topological polar surface area (TPSA) is 38.8 Å². The molecular formula is C11H12BrNO3. The van der Waals surface area contributed by atoms with Crippen LogP contribution in [0.5, 0.6) is 5.75 Å². The fraction of sp³-hybridized carbons (Fsp3) is 0.364. The van der Waals surface area contributed by atoms with Crippen LogP contribution in [0.3, 0.4) is 0 Å². The first-order valence-corrected chi connectivity index (χ1v) is 5.68. The Labute approximate surface area is 102 Å². The smallest absolute Gasteiger partial charge is 0.337 e. The number of carbonyl (C=O) groups is 1. The molecule has 1 aliphatic heterocycles. The Balaban J connectivity index is 2.50. The van der Waals surface area contributed by atoms with Gasteiger partial charge in [0, 0.05) is 7.05 Å². The van der Waals surface area contributed by atoms with E-state index in [1.807, 2.05) is 7.05 Å². The number of hydrogen-bond donors (Lipinski definition) is 0. The highest BCUT2D eigenvalue weighted by Gasteiger charge is 2.20. The summed E-state index contributed by atoms with van der Waals surface area (Å²) in [6, 6.07) is 3.49. The SMILES string of the molecule is COC(=O)c1cc(Br)c2c(c1)N(C)CCO2. The monoisotopic (exact) mass is 285 g/mol. The number of likely N-dealkylation sites (N-methyl/N-ethyl adjacent to an activating group) is 1. The number of nitrogens with zero attached hydrogens (tertiary/aromatic N) is 1. The minimum atomic E-state index is -0.345. The molecule has 4 nitrogen and oxygen atoms in total. The van der Waals surface area contributed by atoms with Crippen LogP contribution in [0, 0.1) is 0 Å². The normalized spacial score (nSPS) is 14.1. The lowest BCUT2D eigenvalue weighted by atomic mass is 10.1. The lowest BCUT2D eigenvalue weighted by molar-refractivity contribution is 0.0600. The molecule has 0 aliphatic carbocycles. The van der Waals surface area contributed by atoms with E-state index in [0.717, 1.165) is 22.5 Å². The van der Waals surface area contributed by atoms with Gasteiger partial charge in [0.1, 0.15) is 6.61 Å². The third-order valence-electron chi connectivity index (χ3n) is 2.53. The van der Waals surface area contributed by atoms with E-state index in [9.17, 15) is 4.79 Å². The van der Waals surface area contributed by atoms with E-state index in [0.29, 0.717) is 12.2 Å². The average Bonchev–Trinajstić information content (AvgIpc) is 2.29. The van der Waals surface area contributed by atoms with E-state index in [1.165, 1.54) is 7.11 Å². The Morgan fingerprint density at radius 1 is 1.56 bits per heavy atom. The second-order valence-electron chi connectivity index (χ2n) is 3.57. The Bertz CT molecular complexity index is 433. The third-order valence-corrected chi connectivity index (χ3v) is 3.12. The Kier molecular flexibility index (Phi) is 3.05. The number of hydrogen-bond acceptors (Lipinski definition) is 4. The lowest BCUT2D eigenvalue weighted by Gasteiger charge is -2.28. The van der Waals surface area contributed by atoms with Crippen LogP contribution in [0.2, 0.25) is 0 Å². The van der Waals surface area contributed by atoms with Crippen molar-refractivity contribution in [3.05, 3.63) is 22.2 Å². The Morgan fingerprint density at radius 3 is 3.00 bits per heavy atom. The highest BCUT2D eigenvalue weighted by molar-refractivity contribution is 9.10. The number of methoxy groups -OCH3 is 1. The first-order chi connectivity index (χ1) is 7.63. The van der Waals surface area contributed by atoms with Crippen molar-refractivity contribution in [1.29, 1.82) is 0 Å². The molecule has 86 valence electrons. The predicted octanol–water partition coefficient (Wildman–Crippen LogP) is 2.06. The van der Waals surface area contributed by atoms with Crippen LogP contribution < -0.4 is 9.64 Å². The van der Waals surface area contributed by atoms with E-state index in [2.05, 4.69) is 20.8 Å². The molecule has 0 saturated heterocycles. The van der Waals surface area contributed by atoms with Crippen LogP contribution in [0.25, 0.3) is 0 Å². The number of ether oxygens (including phenoxy) is 2. The molecule has 0 spiro atoms. The van der Waals surface area contributed by atoms with Gasteiger partial charge < -0.3 is 14.4 Å². The molecule has 16 heavy (non-hydrogen) atoms. The van der Waals surface area contributed by atoms with Crippen molar-refractivity contribution in [3.63, 3.8) is 0 Å². The summed E-state index contributed by atoms with van der Waals surface area (Å²) in [5, 5.41) is 0. The van der Waals surface area contributed by atoms with Gasteiger partial charge in [-0.05, 0) is 28.1 Å². The maximum Gasteiger partial charge on any atom is 0.337 e. The van der Waals surface area contributed by atoms with Gasteiger partial charge in [-0.25, -0.2) is 4.79 Å². The summed E-state index contributed by atoms with van der Waals surface area (Å²) in [5.41, 5.74) is 1.42. The second kappa shape index (κ2) is 4.33. The number of carbonyl (C=O) groups excluding carboxylic acids is 1. The van der Waals surface area contributed by atoms with Crippen LogP contribution in [0.15, 0.2) is 16.6 Å². The molecule has 0 bridgehead atoms. The molecular weight excluding hydrogens is 274 g/mol. The number of fused-ring (bicyclic) bond motifs is 1. The fourth-order valence-corrected chi connectivity index (χ4v) is 2.21. The van der Waals surface area contributed by atoms with Crippen LogP contribution in [0.4, 0.5) is 5.69 Å². The van der Waals surface area contributed by atoms with E-state index in [-0.39, 0.29) is 5.97 Å². The van der Waals surface area contributed by atoms with E-state index < -0.39 is 0 Å². The highest BCUT2D eigenvalue weighted by atomic mass is 79.9. The van der Waals surface area contributed by atoms with Crippen LogP contribution in [-0.4, -0.2) is 33.3 Å². The van der Waals surface area contributed by atoms with Gasteiger partial charge in [0.15, 0.2) is 5.75 Å². The van der Waals surface area contributed by atoms with Crippen molar-refractivity contribution < 1.29 is 14.3 Å². The zero-order chi connectivity index (χ0) is 11.7. The minimum Gasteiger partial charge on any atom is -0.488 e. The van der Waals surface area contributed by atoms with Crippen molar-refractivity contribution in [1.82, 2.24) is 0 Å². The van der Waals surface area contributed by atoms with Crippen molar-refractivity contribution >= 4 is 27.6 Å². The van der Waals surface area contributed by atoms with Gasteiger partial charge in [-0.3, -0.25) is 0 Å². The average molecular weight is 286 g/mol. The van der Waals surface area contributed by atoms with Crippen LogP contribution in [-0.2, 0) is 4.74 Å². The van der Waals surface area contributed by atoms with Gasteiger partial charge in [0.2, 0.25) is 0 Å². The van der Waals surface area contributed by atoms with E-state index in [1.54, 1.807) is 12.1 Å². The summed E-state index contributed by atoms with van der Waals surface area (Å²) in [7, 11) is 3.34. The second-order valence-corrected chi connectivity index (χ2v) is 4.42. The summed E-state index contributed by atoms with van der Waals surface area (Å²) in [6.07, 6.45) is 0. The molecule has 5 heteroatoms. The molecule has 1 heterocycles. The van der Waals surface area contributed by atoms with Crippen molar-refractivity contribution in [2.24, 2.45) is 0 Å². The maximum atomic E-state index is 11.5. The zero-order valence-corrected chi connectivity index (χ0v) is 10.7. The number of anilines is 1. The molecule has 1 aromatic rings. The summed E-state index contributed by atoms with van der Waals surface area (Å²) in [4.78, 5) is 13.5. The van der Waals surface area contributed by atoms with Crippen molar-refractivity contribution in [3.8, 4) is 5.75 Å². The Morgan fingerprint density at radius 2 is 2.31 bits per heavy atom. The number of halogens is 1. The summed E-state index contributed by atoms with van der Waals surface area (Å²) >= 11 is 3.40. The molecule has 1 aromatic carbocycles. The molecule has 0 radical (unpaired) electrons. The molecule has 2 rings (SSSR count). The third kappa shape index (κ3) is 1.87. The fourth-order valence-electron chi connectivity index (χ4n) is 1.65. The Hall–Kier alpha value is -1.23. The molecule has 0 N–H and O–H groups in total. The van der Waals surface area contributed by atoms with Crippen molar-refractivity contribution in [2.75, 3.05) is 32.2 Å². The molecule has 0 atom stereocenters. The maximum absolute atomic E-state index is 11.5. The van der Waals surface area contributed by atoms with Crippen molar-refractivity contribution in [2.45, 2.75) is 0 Å². The number of rotatable bonds is 1. The van der Waals surface area contributed by atoms with Crippen LogP contribution in [0.1, 0.15) is 10.4 Å². The lowest BCUT2D eigenvalue weighted by Crippen LogP contribution is -2.29. The molecule has 1 aliphatic rings. The first kappa shape index (κ1) is 11.3. The van der Waals surface area contributed by atoms with Gasteiger partial charge in [-0.15, -0.1) is 0 Å². The van der Waals surface area contributed by atoms with Gasteiger partial charge in [-0.1, -0.05) is 0 Å². The molecule has 0 saturated carbocycles. The largest absolute Gasteiger partial charge is 0.488 e. The van der Waals surface area contributed by atoms with Gasteiger partial charge in [0.05, 0.1) is 29.4 Å². The van der Waals surface area contributed by atoms with Crippen LogP contribution >= 0.6 is 15.9 Å². The minimum absolute atomic E-state index is 0.345. The summed E-state index contributed by atoms with van der Waals surface area (Å²) in [5.74, 6) is 0.434. The number of esters is 1. The zero-order valence-electron chi connectivity index (χ0n) is 9.12. The number of benzene rings is 1. The first-order valence-electron chi connectivity index (χ1n) is 4.89. The van der Waals surface area contributed by atoms with Gasteiger partial charge in [0.25, 0.3) is 0 Å².